The topological polar surface area (TPSA) is 21.3 Å². The van der Waals surface area contributed by atoms with Gasteiger partial charge in [0.05, 0.1) is 6.10 Å². The molecule has 0 aliphatic heterocycles. The molecule has 1 fully saturated rings. The fraction of sp³-hybridized carbons (Fsp3) is 0.500. The third kappa shape index (κ3) is 3.00. The minimum atomic E-state index is -0.557. The molecule has 0 saturated heterocycles. The summed E-state index contributed by atoms with van der Waals surface area (Å²) in [7, 11) is 0. The van der Waals surface area contributed by atoms with E-state index in [0.717, 1.165) is 18.9 Å². The molecule has 0 bridgehead atoms. The van der Waals surface area contributed by atoms with E-state index < -0.39 is 11.6 Å². The van der Waals surface area contributed by atoms with Crippen LogP contribution in [0.15, 0.2) is 18.2 Å². The normalized spacial score (nSPS) is 16.9. The molecule has 1 saturated carbocycles. The summed E-state index contributed by atoms with van der Waals surface area (Å²) in [6.07, 6.45) is 4.73. The zero-order valence-corrected chi connectivity index (χ0v) is 9.01. The number of rotatable bonds is 4. The lowest BCUT2D eigenvalue weighted by molar-refractivity contribution is -0.0248. The van der Waals surface area contributed by atoms with Crippen molar-refractivity contribution in [3.8, 4) is 0 Å². The van der Waals surface area contributed by atoms with E-state index in [1.54, 1.807) is 0 Å². The Morgan fingerprint density at radius 3 is 2.69 bits per heavy atom. The molecule has 0 atom stereocenters. The Morgan fingerprint density at radius 1 is 1.25 bits per heavy atom. The van der Waals surface area contributed by atoms with E-state index >= 15 is 0 Å². The minimum Gasteiger partial charge on any atom is -0.298 e. The first-order valence-corrected chi connectivity index (χ1v) is 5.58. The second-order valence-electron chi connectivity index (χ2n) is 4.08. The number of nitrogens with one attached hydrogen (secondary N) is 1. The van der Waals surface area contributed by atoms with Gasteiger partial charge in [0.25, 0.3) is 0 Å². The van der Waals surface area contributed by atoms with Gasteiger partial charge in [-0.25, -0.2) is 8.78 Å². The third-order valence-electron chi connectivity index (χ3n) is 2.83. The van der Waals surface area contributed by atoms with Crippen LogP contribution in [0.5, 0.6) is 0 Å². The second kappa shape index (κ2) is 5.37. The summed E-state index contributed by atoms with van der Waals surface area (Å²) in [5.74, 6) is -1.10. The maximum Gasteiger partial charge on any atom is 0.130 e. The van der Waals surface area contributed by atoms with E-state index in [1.165, 1.54) is 25.0 Å². The molecule has 0 spiro atoms. The van der Waals surface area contributed by atoms with E-state index in [-0.39, 0.29) is 12.6 Å². The smallest absolute Gasteiger partial charge is 0.130 e. The zero-order chi connectivity index (χ0) is 11.4. The third-order valence-corrected chi connectivity index (χ3v) is 2.83. The Kier molecular flexibility index (Phi) is 3.85. The van der Waals surface area contributed by atoms with E-state index in [9.17, 15) is 8.78 Å². The summed E-state index contributed by atoms with van der Waals surface area (Å²) < 4.78 is 25.8. The van der Waals surface area contributed by atoms with Crippen molar-refractivity contribution in [2.75, 3.05) is 0 Å². The van der Waals surface area contributed by atoms with E-state index in [1.807, 2.05) is 0 Å². The Bertz CT molecular complexity index is 351. The minimum absolute atomic E-state index is 0.239. The fourth-order valence-corrected chi connectivity index (χ4v) is 1.91. The van der Waals surface area contributed by atoms with Gasteiger partial charge < -0.3 is 0 Å². The van der Waals surface area contributed by atoms with Crippen molar-refractivity contribution in [3.05, 3.63) is 35.4 Å². The van der Waals surface area contributed by atoms with Crippen molar-refractivity contribution in [2.45, 2.75) is 38.3 Å². The Morgan fingerprint density at radius 2 is 2.00 bits per heavy atom. The predicted octanol–water partition coefficient (Wildman–Crippen LogP) is 2.93. The highest BCUT2D eigenvalue weighted by molar-refractivity contribution is 5.18. The van der Waals surface area contributed by atoms with Crippen LogP contribution in [0.25, 0.3) is 0 Å². The number of halogens is 2. The first-order chi connectivity index (χ1) is 7.75. The van der Waals surface area contributed by atoms with E-state index in [2.05, 4.69) is 5.48 Å². The summed E-state index contributed by atoms with van der Waals surface area (Å²) >= 11 is 0. The van der Waals surface area contributed by atoms with Crippen LogP contribution in [-0.4, -0.2) is 6.10 Å². The van der Waals surface area contributed by atoms with Crippen molar-refractivity contribution >= 4 is 0 Å². The van der Waals surface area contributed by atoms with Crippen LogP contribution in [0, 0.1) is 11.6 Å². The van der Waals surface area contributed by atoms with Crippen LogP contribution in [-0.2, 0) is 11.4 Å². The van der Waals surface area contributed by atoms with Crippen LogP contribution in [0.4, 0.5) is 8.78 Å². The molecule has 0 heterocycles. The maximum atomic E-state index is 13.2. The average molecular weight is 227 g/mol. The van der Waals surface area contributed by atoms with Crippen molar-refractivity contribution in [1.29, 1.82) is 0 Å². The van der Waals surface area contributed by atoms with Crippen LogP contribution in [0.2, 0.25) is 0 Å². The SMILES string of the molecule is Fc1ccc(CNOC2CCCC2)c(F)c1. The first kappa shape index (κ1) is 11.5. The first-order valence-electron chi connectivity index (χ1n) is 5.58. The Hall–Kier alpha value is -1.00. The molecule has 1 aliphatic carbocycles. The van der Waals surface area contributed by atoms with Gasteiger partial charge in [-0.1, -0.05) is 18.9 Å². The predicted molar refractivity (Wildman–Crippen MR) is 56.5 cm³/mol. The van der Waals surface area contributed by atoms with Crippen LogP contribution < -0.4 is 5.48 Å². The van der Waals surface area contributed by atoms with Gasteiger partial charge in [-0.3, -0.25) is 4.84 Å². The summed E-state index contributed by atoms with van der Waals surface area (Å²) in [5.41, 5.74) is 3.16. The van der Waals surface area contributed by atoms with Crippen LogP contribution in [0.3, 0.4) is 0 Å². The van der Waals surface area contributed by atoms with Gasteiger partial charge >= 0.3 is 0 Å². The fourth-order valence-electron chi connectivity index (χ4n) is 1.91. The van der Waals surface area contributed by atoms with Crippen molar-refractivity contribution in [2.24, 2.45) is 0 Å². The van der Waals surface area contributed by atoms with Gasteiger partial charge in [0, 0.05) is 18.2 Å². The molecule has 0 aromatic heterocycles. The van der Waals surface area contributed by atoms with E-state index in [4.69, 9.17) is 4.84 Å². The number of hydroxylamine groups is 1. The van der Waals surface area contributed by atoms with Crippen LogP contribution >= 0.6 is 0 Å². The molecule has 1 aromatic rings. The lowest BCUT2D eigenvalue weighted by atomic mass is 10.2. The lowest BCUT2D eigenvalue weighted by Gasteiger charge is -2.11. The van der Waals surface area contributed by atoms with Crippen LogP contribution in [0.1, 0.15) is 31.2 Å². The van der Waals surface area contributed by atoms with Gasteiger partial charge in [-0.05, 0) is 18.9 Å². The Labute approximate surface area is 93.6 Å². The molecule has 0 amide bonds. The standard InChI is InChI=1S/C12H15F2NO/c13-10-6-5-9(12(14)7-10)8-15-16-11-3-1-2-4-11/h5-7,11,15H,1-4,8H2. The maximum absolute atomic E-state index is 13.2. The molecule has 1 aromatic carbocycles. The second-order valence-corrected chi connectivity index (χ2v) is 4.08. The Balaban J connectivity index is 1.80. The summed E-state index contributed by atoms with van der Waals surface area (Å²) in [4.78, 5) is 5.38. The molecule has 0 unspecified atom stereocenters. The largest absolute Gasteiger partial charge is 0.298 e. The molecular weight excluding hydrogens is 212 g/mol. The van der Waals surface area contributed by atoms with Gasteiger partial charge in [-0.15, -0.1) is 0 Å². The van der Waals surface area contributed by atoms with Gasteiger partial charge in [0.15, 0.2) is 0 Å². The van der Waals surface area contributed by atoms with Gasteiger partial charge in [0.2, 0.25) is 0 Å². The van der Waals surface area contributed by atoms with E-state index in [0.29, 0.717) is 5.56 Å². The number of benzene rings is 1. The molecule has 0 radical (unpaired) electrons. The quantitative estimate of drug-likeness (QED) is 0.798. The molecule has 16 heavy (non-hydrogen) atoms. The lowest BCUT2D eigenvalue weighted by Crippen LogP contribution is -2.21. The molecular formula is C12H15F2NO. The molecule has 88 valence electrons. The number of hydrogen-bond donors (Lipinski definition) is 1. The molecule has 2 rings (SSSR count). The summed E-state index contributed by atoms with van der Waals surface area (Å²) in [6, 6.07) is 3.55. The van der Waals surface area contributed by atoms with Crippen molar-refractivity contribution < 1.29 is 13.6 Å². The molecule has 1 aliphatic rings. The molecule has 2 nitrogen and oxygen atoms in total. The van der Waals surface area contributed by atoms with Crippen molar-refractivity contribution in [3.63, 3.8) is 0 Å². The average Bonchev–Trinajstić information content (AvgIpc) is 2.74. The monoisotopic (exact) mass is 227 g/mol. The molecule has 4 heteroatoms. The van der Waals surface area contributed by atoms with Gasteiger partial charge in [-0.2, -0.15) is 5.48 Å². The summed E-state index contributed by atoms with van der Waals surface area (Å²) in [6.45, 7) is 0.266. The summed E-state index contributed by atoms with van der Waals surface area (Å²) in [5, 5.41) is 0. The highest BCUT2D eigenvalue weighted by atomic mass is 19.1. The van der Waals surface area contributed by atoms with Gasteiger partial charge in [0.1, 0.15) is 11.6 Å². The zero-order valence-electron chi connectivity index (χ0n) is 9.01. The number of hydrogen-bond acceptors (Lipinski definition) is 2. The highest BCUT2D eigenvalue weighted by Gasteiger charge is 2.15. The van der Waals surface area contributed by atoms with Crippen molar-refractivity contribution in [1.82, 2.24) is 5.48 Å². The molecule has 1 N–H and O–H groups in total. The highest BCUT2D eigenvalue weighted by Crippen LogP contribution is 2.20.